The van der Waals surface area contributed by atoms with Crippen LogP contribution >= 0.6 is 15.9 Å². The van der Waals surface area contributed by atoms with Crippen molar-refractivity contribution in [1.29, 1.82) is 0 Å². The zero-order valence-electron chi connectivity index (χ0n) is 12.2. The molecule has 2 aromatic rings. The average molecular weight is 363 g/mol. The van der Waals surface area contributed by atoms with Gasteiger partial charge < -0.3 is 10.5 Å². The van der Waals surface area contributed by atoms with Crippen molar-refractivity contribution >= 4 is 21.8 Å². The minimum absolute atomic E-state index is 0.248. The van der Waals surface area contributed by atoms with Gasteiger partial charge in [-0.05, 0) is 23.3 Å². The number of halogens is 1. The van der Waals surface area contributed by atoms with E-state index in [-0.39, 0.29) is 6.61 Å². The second-order valence-corrected chi connectivity index (χ2v) is 5.88. The van der Waals surface area contributed by atoms with E-state index in [9.17, 15) is 4.79 Å². The largest absolute Gasteiger partial charge is 0.375 e. The van der Waals surface area contributed by atoms with E-state index in [2.05, 4.69) is 21.2 Å². The summed E-state index contributed by atoms with van der Waals surface area (Å²) in [4.78, 5) is 11.5. The van der Waals surface area contributed by atoms with Gasteiger partial charge in [-0.15, -0.1) is 0 Å². The summed E-state index contributed by atoms with van der Waals surface area (Å²) in [6.07, 6.45) is 0. The number of ether oxygens (including phenoxy) is 1. The highest BCUT2D eigenvalue weighted by atomic mass is 79.9. The van der Waals surface area contributed by atoms with Crippen molar-refractivity contribution in [2.45, 2.75) is 19.2 Å². The monoisotopic (exact) mass is 362 g/mol. The van der Waals surface area contributed by atoms with Crippen LogP contribution in [-0.4, -0.2) is 18.6 Å². The third-order valence-electron chi connectivity index (χ3n) is 3.18. The van der Waals surface area contributed by atoms with Crippen LogP contribution in [0.15, 0.2) is 59.1 Å². The summed E-state index contributed by atoms with van der Waals surface area (Å²) in [6, 6.07) is 17.2. The second-order valence-electron chi connectivity index (χ2n) is 4.97. The molecule has 0 aliphatic heterocycles. The summed E-state index contributed by atoms with van der Waals surface area (Å²) >= 11 is 3.42. The Bertz CT molecular complexity index is 605. The topological polar surface area (TPSA) is 64.4 Å². The van der Waals surface area contributed by atoms with E-state index in [0.29, 0.717) is 13.2 Å². The first-order valence-electron chi connectivity index (χ1n) is 7.04. The first-order valence-corrected chi connectivity index (χ1v) is 7.83. The number of hydrogen-bond donors (Lipinski definition) is 2. The van der Waals surface area contributed by atoms with Gasteiger partial charge in [0.2, 0.25) is 5.91 Å². The molecule has 0 saturated carbocycles. The molecule has 0 fully saturated rings. The van der Waals surface area contributed by atoms with Crippen LogP contribution in [-0.2, 0) is 22.7 Å². The highest BCUT2D eigenvalue weighted by molar-refractivity contribution is 9.10. The molecule has 1 atom stereocenters. The highest BCUT2D eigenvalue weighted by Crippen LogP contribution is 2.11. The SMILES string of the molecule is NC(=O)C(COCc1ccccc1)NCc1cccc(Br)c1. The van der Waals surface area contributed by atoms with E-state index >= 15 is 0 Å². The average Bonchev–Trinajstić information content (AvgIpc) is 2.51. The third-order valence-corrected chi connectivity index (χ3v) is 3.67. The Morgan fingerprint density at radius 1 is 1.14 bits per heavy atom. The van der Waals surface area contributed by atoms with E-state index in [0.717, 1.165) is 15.6 Å². The summed E-state index contributed by atoms with van der Waals surface area (Å²) in [7, 11) is 0. The van der Waals surface area contributed by atoms with Gasteiger partial charge in [-0.1, -0.05) is 58.4 Å². The van der Waals surface area contributed by atoms with Gasteiger partial charge in [0.1, 0.15) is 6.04 Å². The van der Waals surface area contributed by atoms with E-state index in [1.807, 2.05) is 54.6 Å². The van der Waals surface area contributed by atoms with E-state index in [1.165, 1.54) is 0 Å². The van der Waals surface area contributed by atoms with Gasteiger partial charge >= 0.3 is 0 Å². The molecule has 0 heterocycles. The maximum absolute atomic E-state index is 11.5. The van der Waals surface area contributed by atoms with Gasteiger partial charge in [0.25, 0.3) is 0 Å². The maximum Gasteiger partial charge on any atom is 0.236 e. The van der Waals surface area contributed by atoms with Crippen LogP contribution in [0.5, 0.6) is 0 Å². The predicted octanol–water partition coefficient (Wildman–Crippen LogP) is 2.61. The first kappa shape index (κ1) is 16.7. The molecule has 1 amide bonds. The smallest absolute Gasteiger partial charge is 0.236 e. The molecule has 0 radical (unpaired) electrons. The van der Waals surface area contributed by atoms with Crippen molar-refractivity contribution in [3.63, 3.8) is 0 Å². The molecule has 0 aromatic heterocycles. The standard InChI is InChI=1S/C17H19BrN2O2/c18-15-8-4-7-14(9-15)10-20-16(17(19)21)12-22-11-13-5-2-1-3-6-13/h1-9,16,20H,10-12H2,(H2,19,21). The number of rotatable bonds is 8. The summed E-state index contributed by atoms with van der Waals surface area (Å²) in [5.74, 6) is -0.414. The lowest BCUT2D eigenvalue weighted by Gasteiger charge is -2.16. The number of benzene rings is 2. The second kappa shape index (κ2) is 8.68. The van der Waals surface area contributed by atoms with Crippen molar-refractivity contribution in [3.05, 3.63) is 70.2 Å². The van der Waals surface area contributed by atoms with E-state index in [4.69, 9.17) is 10.5 Å². The van der Waals surface area contributed by atoms with Crippen LogP contribution in [0.2, 0.25) is 0 Å². The molecule has 22 heavy (non-hydrogen) atoms. The molecule has 3 N–H and O–H groups in total. The van der Waals surface area contributed by atoms with Crippen molar-refractivity contribution < 1.29 is 9.53 Å². The van der Waals surface area contributed by atoms with Crippen molar-refractivity contribution in [3.8, 4) is 0 Å². The summed E-state index contributed by atoms with van der Waals surface area (Å²) in [5, 5.41) is 3.13. The van der Waals surface area contributed by atoms with Crippen LogP contribution < -0.4 is 11.1 Å². The van der Waals surface area contributed by atoms with Crippen molar-refractivity contribution in [2.75, 3.05) is 6.61 Å². The summed E-state index contributed by atoms with van der Waals surface area (Å²) in [5.41, 5.74) is 7.56. The lowest BCUT2D eigenvalue weighted by atomic mass is 10.2. The molecule has 0 aliphatic rings. The number of nitrogens with two attached hydrogens (primary N) is 1. The van der Waals surface area contributed by atoms with Crippen molar-refractivity contribution in [2.24, 2.45) is 5.73 Å². The molecule has 2 aromatic carbocycles. The molecular weight excluding hydrogens is 344 g/mol. The number of carbonyl (C=O) groups is 1. The van der Waals surface area contributed by atoms with Crippen LogP contribution in [0.25, 0.3) is 0 Å². The molecule has 2 rings (SSSR count). The first-order chi connectivity index (χ1) is 10.6. The number of primary amides is 1. The molecule has 4 nitrogen and oxygen atoms in total. The minimum Gasteiger partial charge on any atom is -0.375 e. The van der Waals surface area contributed by atoms with E-state index < -0.39 is 11.9 Å². The Labute approximate surface area is 138 Å². The summed E-state index contributed by atoms with van der Waals surface area (Å²) in [6.45, 7) is 1.27. The van der Waals surface area contributed by atoms with Crippen LogP contribution in [0.3, 0.4) is 0 Å². The number of nitrogens with one attached hydrogen (secondary N) is 1. The van der Waals surface area contributed by atoms with Gasteiger partial charge in [-0.25, -0.2) is 0 Å². The molecule has 0 aliphatic carbocycles. The Balaban J connectivity index is 1.81. The normalized spacial score (nSPS) is 12.0. The van der Waals surface area contributed by atoms with Gasteiger partial charge in [-0.2, -0.15) is 0 Å². The summed E-state index contributed by atoms with van der Waals surface area (Å²) < 4.78 is 6.59. The van der Waals surface area contributed by atoms with Crippen molar-refractivity contribution in [1.82, 2.24) is 5.32 Å². The van der Waals surface area contributed by atoms with Crippen LogP contribution in [0.4, 0.5) is 0 Å². The predicted molar refractivity (Wildman–Crippen MR) is 90.1 cm³/mol. The lowest BCUT2D eigenvalue weighted by molar-refractivity contribution is -0.121. The molecule has 0 saturated heterocycles. The van der Waals surface area contributed by atoms with Gasteiger partial charge in [0.05, 0.1) is 13.2 Å². The van der Waals surface area contributed by atoms with Gasteiger partial charge in [0, 0.05) is 11.0 Å². The number of carbonyl (C=O) groups excluding carboxylic acids is 1. The molecular formula is C17H19BrN2O2. The molecule has 0 spiro atoms. The zero-order valence-corrected chi connectivity index (χ0v) is 13.8. The van der Waals surface area contributed by atoms with Gasteiger partial charge in [-0.3, -0.25) is 10.1 Å². The lowest BCUT2D eigenvalue weighted by Crippen LogP contribution is -2.44. The number of hydrogen-bond acceptors (Lipinski definition) is 3. The fourth-order valence-corrected chi connectivity index (χ4v) is 2.45. The highest BCUT2D eigenvalue weighted by Gasteiger charge is 2.14. The molecule has 5 heteroatoms. The Kier molecular flexibility index (Phi) is 6.58. The maximum atomic E-state index is 11.5. The van der Waals surface area contributed by atoms with Crippen LogP contribution in [0.1, 0.15) is 11.1 Å². The van der Waals surface area contributed by atoms with E-state index in [1.54, 1.807) is 0 Å². The molecule has 1 unspecified atom stereocenters. The zero-order chi connectivity index (χ0) is 15.8. The van der Waals surface area contributed by atoms with Gasteiger partial charge in [0.15, 0.2) is 0 Å². The quantitative estimate of drug-likeness (QED) is 0.758. The fourth-order valence-electron chi connectivity index (χ4n) is 2.00. The minimum atomic E-state index is -0.511. The Morgan fingerprint density at radius 2 is 1.86 bits per heavy atom. The number of amides is 1. The third kappa shape index (κ3) is 5.60. The molecule has 116 valence electrons. The molecule has 0 bridgehead atoms. The fraction of sp³-hybridized carbons (Fsp3) is 0.235. The Morgan fingerprint density at radius 3 is 2.55 bits per heavy atom. The Hall–Kier alpha value is -1.69. The van der Waals surface area contributed by atoms with Crippen LogP contribution in [0, 0.1) is 0 Å².